The average Bonchev–Trinajstić information content (AvgIpc) is 1.88. The van der Waals surface area contributed by atoms with Crippen molar-refractivity contribution in [2.75, 3.05) is 13.6 Å². The van der Waals surface area contributed by atoms with Crippen molar-refractivity contribution in [3.8, 4) is 0 Å². The summed E-state index contributed by atoms with van der Waals surface area (Å²) in [5, 5.41) is 11.4. The molecule has 1 rings (SSSR count). The maximum Gasteiger partial charge on any atom is 0.341 e. The van der Waals surface area contributed by atoms with Crippen LogP contribution in [0.4, 0.5) is 0 Å². The molecule has 2 N–H and O–H groups in total. The summed E-state index contributed by atoms with van der Waals surface area (Å²) in [6.07, 6.45) is 3.07. The highest BCUT2D eigenvalue weighted by Gasteiger charge is 2.20. The number of rotatable bonds is 1. The Bertz CT molecular complexity index is 167. The van der Waals surface area contributed by atoms with Crippen molar-refractivity contribution in [2.24, 2.45) is 0 Å². The fourth-order valence-electron chi connectivity index (χ4n) is 0.890. The molecule has 1 aliphatic heterocycles. The third kappa shape index (κ3) is 1.27. The number of likely N-dealkylation sites (N-methyl/N-ethyl adjacent to an activating group) is 1. The number of aliphatic carboxylic acids is 1. The van der Waals surface area contributed by atoms with E-state index in [2.05, 4.69) is 5.32 Å². The topological polar surface area (TPSA) is 52.6 Å². The molecule has 0 fully saturated rings. The summed E-state index contributed by atoms with van der Waals surface area (Å²) in [6.45, 7) is 0.626. The first kappa shape index (κ1) is 7.08. The first-order valence-electron chi connectivity index (χ1n) is 3.06. The molecule has 4 heteroatoms. The summed E-state index contributed by atoms with van der Waals surface area (Å²) in [5.74, 6) is -0.841. The number of hydrogen-bond acceptors (Lipinski definition) is 3. The van der Waals surface area contributed by atoms with Gasteiger partial charge in [0.25, 0.3) is 0 Å². The third-order valence-electron chi connectivity index (χ3n) is 1.41. The molecule has 0 aliphatic carbocycles. The molecule has 1 aliphatic rings. The van der Waals surface area contributed by atoms with Crippen molar-refractivity contribution < 1.29 is 9.90 Å². The van der Waals surface area contributed by atoms with Gasteiger partial charge in [0.05, 0.1) is 0 Å². The number of carbonyl (C=O) groups is 1. The van der Waals surface area contributed by atoms with Gasteiger partial charge in [-0.1, -0.05) is 6.08 Å². The van der Waals surface area contributed by atoms with Crippen molar-refractivity contribution in [3.05, 3.63) is 12.3 Å². The summed E-state index contributed by atoms with van der Waals surface area (Å²) < 4.78 is 0. The average molecular weight is 142 g/mol. The van der Waals surface area contributed by atoms with E-state index in [1.54, 1.807) is 18.1 Å². The van der Waals surface area contributed by atoms with Gasteiger partial charge in [0.2, 0.25) is 0 Å². The van der Waals surface area contributed by atoms with Crippen LogP contribution in [0.5, 0.6) is 0 Å². The lowest BCUT2D eigenvalue weighted by atomic mass is 10.3. The summed E-state index contributed by atoms with van der Waals surface area (Å²) >= 11 is 0. The standard InChI is InChI=1S/C6H10N2O2/c1-8-4-2-3-7-5(8)6(9)10/h2,4-5,7H,3H2,1H3,(H,9,10). The van der Waals surface area contributed by atoms with Crippen LogP contribution in [0.15, 0.2) is 12.3 Å². The molecule has 0 radical (unpaired) electrons. The van der Waals surface area contributed by atoms with E-state index in [1.807, 2.05) is 6.08 Å². The highest BCUT2D eigenvalue weighted by atomic mass is 16.4. The Morgan fingerprint density at radius 3 is 3.00 bits per heavy atom. The molecule has 56 valence electrons. The summed E-state index contributed by atoms with van der Waals surface area (Å²) in [6, 6.07) is 0. The normalized spacial score (nSPS) is 24.9. The van der Waals surface area contributed by atoms with Crippen molar-refractivity contribution in [1.82, 2.24) is 10.2 Å². The van der Waals surface area contributed by atoms with Crippen LogP contribution in [0, 0.1) is 0 Å². The predicted molar refractivity (Wildman–Crippen MR) is 36.3 cm³/mol. The third-order valence-corrected chi connectivity index (χ3v) is 1.41. The van der Waals surface area contributed by atoms with Gasteiger partial charge < -0.3 is 10.0 Å². The fourth-order valence-corrected chi connectivity index (χ4v) is 0.890. The maximum atomic E-state index is 10.4. The number of carboxylic acid groups (broad SMARTS) is 1. The lowest BCUT2D eigenvalue weighted by Gasteiger charge is -2.26. The lowest BCUT2D eigenvalue weighted by molar-refractivity contribution is -0.143. The number of nitrogens with zero attached hydrogens (tertiary/aromatic N) is 1. The molecule has 0 saturated carbocycles. The van der Waals surface area contributed by atoms with E-state index in [-0.39, 0.29) is 0 Å². The minimum absolute atomic E-state index is 0.565. The van der Waals surface area contributed by atoms with Crippen LogP contribution in [0.25, 0.3) is 0 Å². The van der Waals surface area contributed by atoms with Crippen molar-refractivity contribution in [2.45, 2.75) is 6.17 Å². The molecule has 10 heavy (non-hydrogen) atoms. The molecule has 1 atom stereocenters. The number of hydrogen-bond donors (Lipinski definition) is 2. The van der Waals surface area contributed by atoms with E-state index in [4.69, 9.17) is 5.11 Å². The molecule has 0 aromatic heterocycles. The van der Waals surface area contributed by atoms with Crippen molar-refractivity contribution in [1.29, 1.82) is 0 Å². The van der Waals surface area contributed by atoms with Gasteiger partial charge in [-0.3, -0.25) is 5.32 Å². The molecule has 1 heterocycles. The van der Waals surface area contributed by atoms with E-state index < -0.39 is 12.1 Å². The second-order valence-electron chi connectivity index (χ2n) is 2.20. The summed E-state index contributed by atoms with van der Waals surface area (Å²) in [5.41, 5.74) is 0. The van der Waals surface area contributed by atoms with Crippen LogP contribution in [0.3, 0.4) is 0 Å². The molecule has 0 aromatic carbocycles. The zero-order chi connectivity index (χ0) is 7.56. The Kier molecular flexibility index (Phi) is 1.91. The van der Waals surface area contributed by atoms with Crippen molar-refractivity contribution in [3.63, 3.8) is 0 Å². The minimum atomic E-state index is -0.841. The molecular formula is C6H10N2O2. The van der Waals surface area contributed by atoms with Crippen LogP contribution in [0.2, 0.25) is 0 Å². The zero-order valence-corrected chi connectivity index (χ0v) is 5.74. The van der Waals surface area contributed by atoms with Crippen LogP contribution in [-0.4, -0.2) is 35.7 Å². The predicted octanol–water partition coefficient (Wildman–Crippen LogP) is -0.554. The molecule has 4 nitrogen and oxygen atoms in total. The maximum absolute atomic E-state index is 10.4. The highest BCUT2D eigenvalue weighted by Crippen LogP contribution is 1.97. The summed E-state index contributed by atoms with van der Waals surface area (Å²) in [4.78, 5) is 12.0. The van der Waals surface area contributed by atoms with E-state index in [1.165, 1.54) is 0 Å². The Balaban J connectivity index is 2.60. The van der Waals surface area contributed by atoms with E-state index in [0.29, 0.717) is 6.54 Å². The van der Waals surface area contributed by atoms with Crippen molar-refractivity contribution >= 4 is 5.97 Å². The Labute approximate surface area is 59.1 Å². The first-order chi connectivity index (χ1) is 4.72. The number of carboxylic acids is 1. The molecule has 0 aromatic rings. The van der Waals surface area contributed by atoms with Gasteiger partial charge in [0.15, 0.2) is 6.17 Å². The smallest absolute Gasteiger partial charge is 0.341 e. The van der Waals surface area contributed by atoms with E-state index >= 15 is 0 Å². The Morgan fingerprint density at radius 1 is 1.90 bits per heavy atom. The van der Waals surface area contributed by atoms with Gasteiger partial charge in [-0.05, 0) is 6.20 Å². The van der Waals surface area contributed by atoms with Gasteiger partial charge in [0.1, 0.15) is 0 Å². The minimum Gasteiger partial charge on any atom is -0.479 e. The van der Waals surface area contributed by atoms with Gasteiger partial charge in [-0.2, -0.15) is 0 Å². The van der Waals surface area contributed by atoms with Crippen LogP contribution >= 0.6 is 0 Å². The van der Waals surface area contributed by atoms with Gasteiger partial charge in [0, 0.05) is 13.6 Å². The van der Waals surface area contributed by atoms with Crippen LogP contribution in [0.1, 0.15) is 0 Å². The molecule has 1 unspecified atom stereocenters. The largest absolute Gasteiger partial charge is 0.479 e. The zero-order valence-electron chi connectivity index (χ0n) is 5.74. The summed E-state index contributed by atoms with van der Waals surface area (Å²) in [7, 11) is 1.72. The Morgan fingerprint density at radius 2 is 2.60 bits per heavy atom. The number of nitrogens with one attached hydrogen (secondary N) is 1. The van der Waals surface area contributed by atoms with Crippen LogP contribution < -0.4 is 5.32 Å². The lowest BCUT2D eigenvalue weighted by Crippen LogP contribution is -2.49. The molecular weight excluding hydrogens is 132 g/mol. The van der Waals surface area contributed by atoms with E-state index in [9.17, 15) is 4.79 Å². The molecule has 0 saturated heterocycles. The first-order valence-corrected chi connectivity index (χ1v) is 3.06. The quantitative estimate of drug-likeness (QED) is 0.515. The second kappa shape index (κ2) is 2.70. The molecule has 0 bridgehead atoms. The van der Waals surface area contributed by atoms with E-state index in [0.717, 1.165) is 0 Å². The fraction of sp³-hybridized carbons (Fsp3) is 0.500. The molecule has 0 amide bonds. The van der Waals surface area contributed by atoms with Gasteiger partial charge in [-0.15, -0.1) is 0 Å². The SMILES string of the molecule is CN1C=CCNC1C(=O)O. The monoisotopic (exact) mass is 142 g/mol. The van der Waals surface area contributed by atoms with Crippen LogP contribution in [-0.2, 0) is 4.79 Å². The Hall–Kier alpha value is -1.03. The van der Waals surface area contributed by atoms with Gasteiger partial charge >= 0.3 is 5.97 Å². The second-order valence-corrected chi connectivity index (χ2v) is 2.20. The highest BCUT2D eigenvalue weighted by molar-refractivity contribution is 5.73. The molecule has 0 spiro atoms. The van der Waals surface area contributed by atoms with Gasteiger partial charge in [-0.25, -0.2) is 4.79 Å².